The molecule has 1 aromatic heterocycles. The molecule has 0 atom stereocenters. The summed E-state index contributed by atoms with van der Waals surface area (Å²) in [6, 6.07) is 7.76. The summed E-state index contributed by atoms with van der Waals surface area (Å²) in [6.45, 7) is 11.8. The molecule has 1 aromatic carbocycles. The van der Waals surface area contributed by atoms with Gasteiger partial charge in [-0.3, -0.25) is 0 Å². The predicted molar refractivity (Wildman–Crippen MR) is 89.2 cm³/mol. The molecule has 1 heterocycles. The smallest absolute Gasteiger partial charge is 0.168 e. The molecule has 0 bridgehead atoms. The molecular formula is C19H24O3. The van der Waals surface area contributed by atoms with Crippen LogP contribution in [0.25, 0.3) is 5.76 Å². The first-order chi connectivity index (χ1) is 10.3. The molecule has 0 aliphatic carbocycles. The molecule has 22 heavy (non-hydrogen) atoms. The van der Waals surface area contributed by atoms with Crippen molar-refractivity contribution in [2.45, 2.75) is 39.5 Å². The van der Waals surface area contributed by atoms with Crippen LogP contribution in [0.3, 0.4) is 0 Å². The highest BCUT2D eigenvalue weighted by atomic mass is 16.4. The van der Waals surface area contributed by atoms with Gasteiger partial charge < -0.3 is 14.6 Å². The van der Waals surface area contributed by atoms with Crippen LogP contribution in [0, 0.1) is 13.8 Å². The number of hydrogen-bond acceptors (Lipinski definition) is 3. The predicted octanol–water partition coefficient (Wildman–Crippen LogP) is 4.29. The number of aliphatic hydroxyl groups is 2. The van der Waals surface area contributed by atoms with Crippen molar-refractivity contribution in [1.29, 1.82) is 0 Å². The molecule has 3 nitrogen and oxygen atoms in total. The summed E-state index contributed by atoms with van der Waals surface area (Å²) in [5.41, 5.74) is 4.44. The van der Waals surface area contributed by atoms with Crippen molar-refractivity contribution in [2.24, 2.45) is 0 Å². The van der Waals surface area contributed by atoms with Crippen LogP contribution in [-0.2, 0) is 11.8 Å². The van der Waals surface area contributed by atoms with Gasteiger partial charge in [-0.2, -0.15) is 0 Å². The molecule has 0 saturated heterocycles. The first-order valence-electron chi connectivity index (χ1n) is 7.43. The highest BCUT2D eigenvalue weighted by molar-refractivity contribution is 5.51. The lowest BCUT2D eigenvalue weighted by Gasteiger charge is -2.26. The molecule has 0 unspecified atom stereocenters. The van der Waals surface area contributed by atoms with Gasteiger partial charge in [0.05, 0.1) is 6.61 Å². The van der Waals surface area contributed by atoms with Crippen LogP contribution < -0.4 is 0 Å². The molecule has 0 aliphatic heterocycles. The second-order valence-electron chi connectivity index (χ2n) is 6.47. The van der Waals surface area contributed by atoms with Crippen LogP contribution in [0.15, 0.2) is 35.3 Å². The van der Waals surface area contributed by atoms with Gasteiger partial charge in [-0.15, -0.1) is 0 Å². The van der Waals surface area contributed by atoms with Crippen molar-refractivity contribution >= 4 is 5.76 Å². The summed E-state index contributed by atoms with van der Waals surface area (Å²) in [5.74, 6) is 1.13. The Morgan fingerprint density at radius 3 is 2.41 bits per heavy atom. The zero-order valence-electron chi connectivity index (χ0n) is 13.7. The van der Waals surface area contributed by atoms with Crippen molar-refractivity contribution < 1.29 is 14.6 Å². The number of aliphatic hydroxyl groups excluding tert-OH is 2. The maximum absolute atomic E-state index is 9.63. The number of aryl methyl sites for hydroxylation is 1. The second-order valence-corrected chi connectivity index (χ2v) is 6.47. The fraction of sp³-hybridized carbons (Fsp3) is 0.368. The molecule has 118 valence electrons. The van der Waals surface area contributed by atoms with Crippen LogP contribution in [0.2, 0.25) is 0 Å². The molecule has 0 saturated carbocycles. The second kappa shape index (κ2) is 6.01. The number of rotatable bonds is 5. The van der Waals surface area contributed by atoms with Crippen LogP contribution in [0.1, 0.15) is 47.6 Å². The number of furan rings is 1. The minimum absolute atomic E-state index is 0.0603. The molecule has 2 N–H and O–H groups in total. The third-order valence-electron chi connectivity index (χ3n) is 4.25. The summed E-state index contributed by atoms with van der Waals surface area (Å²) in [6.07, 6.45) is 0.653. The fourth-order valence-corrected chi connectivity index (χ4v) is 2.78. The lowest BCUT2D eigenvalue weighted by molar-refractivity contribution is 0.218. The molecule has 0 aliphatic rings. The topological polar surface area (TPSA) is 53.6 Å². The van der Waals surface area contributed by atoms with Gasteiger partial charge in [0.15, 0.2) is 11.5 Å². The van der Waals surface area contributed by atoms with Crippen molar-refractivity contribution in [3.05, 3.63) is 64.6 Å². The van der Waals surface area contributed by atoms with Crippen molar-refractivity contribution in [3.63, 3.8) is 0 Å². The normalized spacial score (nSPS) is 11.7. The number of benzene rings is 1. The van der Waals surface area contributed by atoms with Gasteiger partial charge >= 0.3 is 0 Å². The quantitative estimate of drug-likeness (QED) is 0.810. The molecule has 2 aromatic rings. The summed E-state index contributed by atoms with van der Waals surface area (Å²) < 4.78 is 5.61. The average Bonchev–Trinajstić information content (AvgIpc) is 2.92. The summed E-state index contributed by atoms with van der Waals surface area (Å²) >= 11 is 0. The van der Waals surface area contributed by atoms with Crippen LogP contribution in [0.5, 0.6) is 0 Å². The fourth-order valence-electron chi connectivity index (χ4n) is 2.78. The van der Waals surface area contributed by atoms with E-state index in [4.69, 9.17) is 4.42 Å². The van der Waals surface area contributed by atoms with E-state index in [9.17, 15) is 10.2 Å². The Bertz CT molecular complexity index is 693. The third-order valence-corrected chi connectivity index (χ3v) is 4.25. The first kappa shape index (κ1) is 16.4. The molecule has 2 rings (SSSR count). The van der Waals surface area contributed by atoms with Gasteiger partial charge in [-0.05, 0) is 48.2 Å². The maximum Gasteiger partial charge on any atom is 0.168 e. The lowest BCUT2D eigenvalue weighted by Crippen LogP contribution is -2.24. The van der Waals surface area contributed by atoms with E-state index in [0.29, 0.717) is 12.2 Å². The Balaban J connectivity index is 2.42. The zero-order valence-corrected chi connectivity index (χ0v) is 13.7. The molecule has 0 fully saturated rings. The highest BCUT2D eigenvalue weighted by Crippen LogP contribution is 2.31. The molecule has 0 amide bonds. The Morgan fingerprint density at radius 1 is 1.18 bits per heavy atom. The summed E-state index contributed by atoms with van der Waals surface area (Å²) in [4.78, 5) is 0. The lowest BCUT2D eigenvalue weighted by atomic mass is 9.80. The van der Waals surface area contributed by atoms with E-state index in [2.05, 4.69) is 32.6 Å². The summed E-state index contributed by atoms with van der Waals surface area (Å²) in [5, 5.41) is 19.0. The van der Waals surface area contributed by atoms with Crippen LogP contribution in [0.4, 0.5) is 0 Å². The van der Waals surface area contributed by atoms with Gasteiger partial charge in [0.25, 0.3) is 0 Å². The van der Waals surface area contributed by atoms with Crippen molar-refractivity contribution in [1.82, 2.24) is 0 Å². The van der Waals surface area contributed by atoms with Gasteiger partial charge in [0, 0.05) is 11.8 Å². The highest BCUT2D eigenvalue weighted by Gasteiger charge is 2.23. The molecular weight excluding hydrogens is 276 g/mol. The van der Waals surface area contributed by atoms with Gasteiger partial charge in [-0.25, -0.2) is 0 Å². The monoisotopic (exact) mass is 300 g/mol. The maximum atomic E-state index is 9.63. The Morgan fingerprint density at radius 2 is 1.86 bits per heavy atom. The molecule has 0 spiro atoms. The number of hydrogen-bond donors (Lipinski definition) is 2. The van der Waals surface area contributed by atoms with E-state index < -0.39 is 0 Å². The van der Waals surface area contributed by atoms with Crippen LogP contribution >= 0.6 is 0 Å². The molecule has 0 radical (unpaired) electrons. The Labute approximate surface area is 131 Å². The Hall–Kier alpha value is -2.00. The largest absolute Gasteiger partial charge is 0.505 e. The summed E-state index contributed by atoms with van der Waals surface area (Å²) in [7, 11) is 0. The van der Waals surface area contributed by atoms with Gasteiger partial charge in [0.2, 0.25) is 0 Å². The molecule has 3 heteroatoms. The minimum Gasteiger partial charge on any atom is -0.505 e. The standard InChI is InChI=1S/C19H24O3/c1-12-6-8-17(19(4,5)11-20)13(2)16(12)10-15-7-9-18(22-15)14(3)21/h6-9,20-21H,3,10-11H2,1-2,4-5H3. The van der Waals surface area contributed by atoms with E-state index in [1.165, 1.54) is 16.7 Å². The minimum atomic E-state index is -0.278. The van der Waals surface area contributed by atoms with Gasteiger partial charge in [-0.1, -0.05) is 32.6 Å². The van der Waals surface area contributed by atoms with E-state index >= 15 is 0 Å². The van der Waals surface area contributed by atoms with Gasteiger partial charge in [0.1, 0.15) is 5.76 Å². The average molecular weight is 300 g/mol. The third kappa shape index (κ3) is 3.09. The van der Waals surface area contributed by atoms with Crippen molar-refractivity contribution in [2.75, 3.05) is 6.61 Å². The first-order valence-corrected chi connectivity index (χ1v) is 7.43. The van der Waals surface area contributed by atoms with E-state index in [-0.39, 0.29) is 17.8 Å². The van der Waals surface area contributed by atoms with Crippen LogP contribution in [-0.4, -0.2) is 16.8 Å². The zero-order chi connectivity index (χ0) is 16.5. The van der Waals surface area contributed by atoms with E-state index in [0.717, 1.165) is 11.3 Å². The Kier molecular flexibility index (Phi) is 4.47. The van der Waals surface area contributed by atoms with E-state index in [1.807, 2.05) is 19.9 Å². The van der Waals surface area contributed by atoms with E-state index in [1.54, 1.807) is 6.07 Å². The van der Waals surface area contributed by atoms with Crippen molar-refractivity contribution in [3.8, 4) is 0 Å². The SMILES string of the molecule is C=C(O)c1ccc(Cc2c(C)ccc(C(C)(C)CO)c2C)o1.